The Bertz CT molecular complexity index is 1800. The molecular formula is C28H25N9O. The van der Waals surface area contributed by atoms with E-state index >= 15 is 0 Å². The first-order valence-corrected chi connectivity index (χ1v) is 12.4. The van der Waals surface area contributed by atoms with Crippen LogP contribution in [-0.4, -0.2) is 47.7 Å². The van der Waals surface area contributed by atoms with Gasteiger partial charge in [0.2, 0.25) is 0 Å². The molecule has 0 bridgehead atoms. The molecule has 0 aliphatic carbocycles. The predicted molar refractivity (Wildman–Crippen MR) is 148 cm³/mol. The second kappa shape index (κ2) is 8.48. The lowest BCUT2D eigenvalue weighted by atomic mass is 10.1. The van der Waals surface area contributed by atoms with Crippen molar-refractivity contribution in [3.8, 4) is 11.1 Å². The van der Waals surface area contributed by atoms with Gasteiger partial charge >= 0.3 is 0 Å². The van der Waals surface area contributed by atoms with Crippen LogP contribution in [0.3, 0.4) is 0 Å². The number of aromatic nitrogens is 6. The molecule has 38 heavy (non-hydrogen) atoms. The van der Waals surface area contributed by atoms with Gasteiger partial charge in [-0.25, -0.2) is 15.0 Å². The van der Waals surface area contributed by atoms with Crippen LogP contribution in [0.1, 0.15) is 23.0 Å². The summed E-state index contributed by atoms with van der Waals surface area (Å²) >= 11 is 0. The number of para-hydroxylation sites is 1. The highest BCUT2D eigenvalue weighted by molar-refractivity contribution is 6.08. The molecule has 10 heteroatoms. The number of H-pyrrole nitrogens is 2. The number of pyridine rings is 1. The zero-order valence-corrected chi connectivity index (χ0v) is 20.8. The van der Waals surface area contributed by atoms with E-state index < -0.39 is 6.17 Å². The van der Waals surface area contributed by atoms with Crippen LogP contribution in [0.15, 0.2) is 79.6 Å². The highest BCUT2D eigenvalue weighted by atomic mass is 16.2. The van der Waals surface area contributed by atoms with E-state index in [0.29, 0.717) is 11.5 Å². The van der Waals surface area contributed by atoms with Crippen LogP contribution in [0.2, 0.25) is 0 Å². The summed E-state index contributed by atoms with van der Waals surface area (Å²) in [5.41, 5.74) is 9.34. The van der Waals surface area contributed by atoms with Gasteiger partial charge in [0.05, 0.1) is 11.4 Å². The minimum atomic E-state index is -0.394. The smallest absolute Gasteiger partial charge is 0.278 e. The number of aryl methyl sites for hydroxylation is 1. The maximum absolute atomic E-state index is 13.8. The molecule has 0 spiro atoms. The van der Waals surface area contributed by atoms with Crippen molar-refractivity contribution in [3.63, 3.8) is 0 Å². The quantitative estimate of drug-likeness (QED) is 0.272. The fourth-order valence-corrected chi connectivity index (χ4v) is 5.23. The summed E-state index contributed by atoms with van der Waals surface area (Å²) < 4.78 is 1.81. The predicted octanol–water partition coefficient (Wildman–Crippen LogP) is 4.64. The summed E-state index contributed by atoms with van der Waals surface area (Å²) in [6, 6.07) is 15.5. The Morgan fingerprint density at radius 1 is 1.03 bits per heavy atom. The van der Waals surface area contributed by atoms with Gasteiger partial charge in [-0.1, -0.05) is 18.2 Å². The molecule has 7 rings (SSSR count). The second-order valence-corrected chi connectivity index (χ2v) is 9.52. The minimum Gasteiger partial charge on any atom is -0.363 e. The average molecular weight is 504 g/mol. The lowest BCUT2D eigenvalue weighted by molar-refractivity contribution is 0.0954. The van der Waals surface area contributed by atoms with Gasteiger partial charge in [0, 0.05) is 47.0 Å². The first-order valence-electron chi connectivity index (χ1n) is 12.4. The van der Waals surface area contributed by atoms with Crippen molar-refractivity contribution in [2.75, 3.05) is 15.6 Å². The van der Waals surface area contributed by atoms with Crippen LogP contribution in [0, 0.1) is 6.92 Å². The molecule has 188 valence electrons. The SMILES string of the molecule is Cc1ccn2c1C(=O)N(c1ccccc1)C([C@H](C)Nc1ncnc3[nH]cc(-c4cnc5[nH]ccc5c4)c13)N2. The molecular weight excluding hydrogens is 478 g/mol. The molecule has 0 saturated carbocycles. The molecule has 6 aromatic rings. The van der Waals surface area contributed by atoms with Gasteiger partial charge in [0.1, 0.15) is 35.3 Å². The van der Waals surface area contributed by atoms with Gasteiger partial charge < -0.3 is 20.7 Å². The average Bonchev–Trinajstić information content (AvgIpc) is 3.67. The zero-order chi connectivity index (χ0) is 25.8. The van der Waals surface area contributed by atoms with Gasteiger partial charge in [-0.3, -0.25) is 14.4 Å². The largest absolute Gasteiger partial charge is 0.363 e. The van der Waals surface area contributed by atoms with E-state index in [0.717, 1.165) is 44.4 Å². The van der Waals surface area contributed by atoms with Crippen molar-refractivity contribution >= 4 is 39.5 Å². The van der Waals surface area contributed by atoms with Crippen molar-refractivity contribution in [1.82, 2.24) is 29.6 Å². The van der Waals surface area contributed by atoms with E-state index in [9.17, 15) is 4.79 Å². The van der Waals surface area contributed by atoms with Crippen LogP contribution in [-0.2, 0) is 0 Å². The fraction of sp³-hybridized carbons (Fsp3) is 0.143. The number of benzene rings is 1. The summed E-state index contributed by atoms with van der Waals surface area (Å²) in [5.74, 6) is 0.613. The van der Waals surface area contributed by atoms with E-state index in [1.54, 1.807) is 4.90 Å². The van der Waals surface area contributed by atoms with Crippen LogP contribution >= 0.6 is 0 Å². The monoisotopic (exact) mass is 503 g/mol. The third kappa shape index (κ3) is 3.41. The van der Waals surface area contributed by atoms with Crippen LogP contribution in [0.4, 0.5) is 11.5 Å². The Labute approximate surface area is 217 Å². The Balaban J connectivity index is 1.29. The lowest BCUT2D eigenvalue weighted by Gasteiger charge is -2.41. The third-order valence-electron chi connectivity index (χ3n) is 7.11. The number of nitrogens with zero attached hydrogens (tertiary/aromatic N) is 5. The van der Waals surface area contributed by atoms with Crippen LogP contribution < -0.4 is 15.6 Å². The molecule has 2 atom stereocenters. The maximum atomic E-state index is 13.8. The van der Waals surface area contributed by atoms with Crippen LogP contribution in [0.5, 0.6) is 0 Å². The standard InChI is InChI=1S/C28H25N9O/c1-16-9-11-36-23(16)28(38)37(20-6-4-3-5-7-20)27(35-36)17(2)34-26-22-21(14-31-25(22)32-15-33-26)19-12-18-8-10-29-24(18)30-13-19/h3-15,17,27,35H,1-2H3,(H,29,30)(H2,31,32,33,34)/t17-,27?/m0/s1. The van der Waals surface area contributed by atoms with E-state index in [1.165, 1.54) is 6.33 Å². The molecule has 5 aromatic heterocycles. The van der Waals surface area contributed by atoms with Crippen molar-refractivity contribution in [3.05, 3.63) is 90.9 Å². The number of carbonyl (C=O) groups is 1. The molecule has 1 aliphatic rings. The lowest BCUT2D eigenvalue weighted by Crippen LogP contribution is -2.59. The second-order valence-electron chi connectivity index (χ2n) is 9.52. The number of rotatable bonds is 5. The molecule has 10 nitrogen and oxygen atoms in total. The molecule has 1 amide bonds. The Kier molecular flexibility index (Phi) is 4.93. The summed E-state index contributed by atoms with van der Waals surface area (Å²) in [6.45, 7) is 3.98. The maximum Gasteiger partial charge on any atom is 0.278 e. The number of amides is 1. The van der Waals surface area contributed by atoms with E-state index in [-0.39, 0.29) is 11.9 Å². The third-order valence-corrected chi connectivity index (χ3v) is 7.11. The molecule has 0 radical (unpaired) electrons. The van der Waals surface area contributed by atoms with Gasteiger partial charge in [0.25, 0.3) is 5.91 Å². The molecule has 1 aliphatic heterocycles. The number of hydrogen-bond donors (Lipinski definition) is 4. The first kappa shape index (κ1) is 22.1. The fourth-order valence-electron chi connectivity index (χ4n) is 5.23. The Morgan fingerprint density at radius 3 is 2.76 bits per heavy atom. The van der Waals surface area contributed by atoms with Crippen molar-refractivity contribution < 1.29 is 4.79 Å². The van der Waals surface area contributed by atoms with E-state index in [2.05, 4.69) is 41.7 Å². The van der Waals surface area contributed by atoms with Crippen molar-refractivity contribution in [2.45, 2.75) is 26.1 Å². The minimum absolute atomic E-state index is 0.0582. The number of carbonyl (C=O) groups excluding carboxylic acids is 1. The van der Waals surface area contributed by atoms with Crippen LogP contribution in [0.25, 0.3) is 33.2 Å². The number of hydrogen-bond acceptors (Lipinski definition) is 6. The number of anilines is 2. The first-order chi connectivity index (χ1) is 18.6. The highest BCUT2D eigenvalue weighted by Gasteiger charge is 2.37. The molecule has 6 heterocycles. The van der Waals surface area contributed by atoms with E-state index in [4.69, 9.17) is 0 Å². The molecule has 0 saturated heterocycles. The van der Waals surface area contributed by atoms with Gasteiger partial charge in [-0.2, -0.15) is 0 Å². The van der Waals surface area contributed by atoms with Crippen molar-refractivity contribution in [1.29, 1.82) is 0 Å². The summed E-state index contributed by atoms with van der Waals surface area (Å²) in [5, 5.41) is 5.46. The normalized spacial score (nSPS) is 16.0. The number of aromatic amines is 2. The zero-order valence-electron chi connectivity index (χ0n) is 20.8. The number of nitrogens with one attached hydrogen (secondary N) is 4. The van der Waals surface area contributed by atoms with Gasteiger partial charge in [-0.05, 0) is 49.7 Å². The highest BCUT2D eigenvalue weighted by Crippen LogP contribution is 2.34. The molecule has 0 fully saturated rings. The molecule has 1 unspecified atom stereocenters. The summed E-state index contributed by atoms with van der Waals surface area (Å²) in [6.07, 6.45) is 8.68. The Hall–Kier alpha value is -5.12. The van der Waals surface area contributed by atoms with Gasteiger partial charge in [0.15, 0.2) is 0 Å². The van der Waals surface area contributed by atoms with E-state index in [1.807, 2.05) is 85.8 Å². The summed E-state index contributed by atoms with van der Waals surface area (Å²) in [7, 11) is 0. The van der Waals surface area contributed by atoms with Crippen molar-refractivity contribution in [2.24, 2.45) is 0 Å². The van der Waals surface area contributed by atoms with Gasteiger partial charge in [-0.15, -0.1) is 0 Å². The Morgan fingerprint density at radius 2 is 1.89 bits per heavy atom. The molecule has 4 N–H and O–H groups in total. The topological polar surface area (TPSA) is 120 Å². The molecule has 1 aromatic carbocycles. The summed E-state index contributed by atoms with van der Waals surface area (Å²) in [4.78, 5) is 35.6. The number of fused-ring (bicyclic) bond motifs is 3.